The summed E-state index contributed by atoms with van der Waals surface area (Å²) in [4.78, 5) is 12.0. The Kier molecular flexibility index (Phi) is 5.32. The fourth-order valence-corrected chi connectivity index (χ4v) is 2.13. The molecule has 3 N–H and O–H groups in total. The number of hydrogen-bond acceptors (Lipinski definition) is 2. The first-order valence-electron chi connectivity index (χ1n) is 6.51. The molecule has 0 radical (unpaired) electrons. The number of aryl methyl sites for hydroxylation is 1. The minimum absolute atomic E-state index is 0.150. The van der Waals surface area contributed by atoms with Gasteiger partial charge in [-0.15, -0.1) is 0 Å². The number of carbonyl (C=O) groups is 1. The number of nitrogens with one attached hydrogen (secondary N) is 1. The monoisotopic (exact) mass is 332 g/mol. The molecule has 3 nitrogen and oxygen atoms in total. The Morgan fingerprint density at radius 3 is 2.40 bits per heavy atom. The molecule has 0 aromatic heterocycles. The predicted octanol–water partition coefficient (Wildman–Crippen LogP) is 3.35. The maximum Gasteiger partial charge on any atom is 0.241 e. The Morgan fingerprint density at radius 1 is 1.10 bits per heavy atom. The highest BCUT2D eigenvalue weighted by Crippen LogP contribution is 2.14. The Balaban J connectivity index is 1.84. The Hall–Kier alpha value is -1.65. The minimum Gasteiger partial charge on any atom is -0.325 e. The van der Waals surface area contributed by atoms with Crippen LogP contribution in [0.25, 0.3) is 0 Å². The molecule has 104 valence electrons. The van der Waals surface area contributed by atoms with Crippen molar-refractivity contribution in [2.45, 2.75) is 18.9 Å². The van der Waals surface area contributed by atoms with Crippen molar-refractivity contribution in [3.05, 3.63) is 64.6 Å². The SMILES string of the molecule is N[C@@H](CCc1ccccc1)C(=O)Nc1ccc(Br)cc1. The van der Waals surface area contributed by atoms with Crippen LogP contribution in [0.4, 0.5) is 5.69 Å². The third kappa shape index (κ3) is 4.47. The summed E-state index contributed by atoms with van der Waals surface area (Å²) in [5, 5.41) is 2.82. The first-order valence-corrected chi connectivity index (χ1v) is 7.30. The lowest BCUT2D eigenvalue weighted by Gasteiger charge is -2.12. The van der Waals surface area contributed by atoms with E-state index >= 15 is 0 Å². The van der Waals surface area contributed by atoms with Crippen molar-refractivity contribution in [3.8, 4) is 0 Å². The van der Waals surface area contributed by atoms with Crippen molar-refractivity contribution in [1.82, 2.24) is 0 Å². The average molecular weight is 333 g/mol. The van der Waals surface area contributed by atoms with Crippen LogP contribution >= 0.6 is 15.9 Å². The minimum atomic E-state index is -0.501. The second kappa shape index (κ2) is 7.22. The molecule has 0 aliphatic heterocycles. The summed E-state index contributed by atoms with van der Waals surface area (Å²) in [5.74, 6) is -0.150. The van der Waals surface area contributed by atoms with Crippen LogP contribution in [0.2, 0.25) is 0 Å². The van der Waals surface area contributed by atoms with E-state index in [1.165, 1.54) is 5.56 Å². The normalized spacial score (nSPS) is 11.9. The summed E-state index contributed by atoms with van der Waals surface area (Å²) in [6, 6.07) is 17.0. The zero-order valence-corrected chi connectivity index (χ0v) is 12.6. The van der Waals surface area contributed by atoms with Crippen molar-refractivity contribution >= 4 is 27.5 Å². The van der Waals surface area contributed by atoms with Gasteiger partial charge in [0.15, 0.2) is 0 Å². The van der Waals surface area contributed by atoms with Crippen molar-refractivity contribution in [3.63, 3.8) is 0 Å². The summed E-state index contributed by atoms with van der Waals surface area (Å²) < 4.78 is 0.976. The van der Waals surface area contributed by atoms with E-state index in [9.17, 15) is 4.79 Å². The maximum absolute atomic E-state index is 12.0. The summed E-state index contributed by atoms with van der Waals surface area (Å²) in [6.45, 7) is 0. The molecule has 20 heavy (non-hydrogen) atoms. The van der Waals surface area contributed by atoms with Gasteiger partial charge in [0.05, 0.1) is 6.04 Å². The molecule has 0 unspecified atom stereocenters. The van der Waals surface area contributed by atoms with Gasteiger partial charge in [0, 0.05) is 10.2 Å². The number of hydrogen-bond donors (Lipinski definition) is 2. The smallest absolute Gasteiger partial charge is 0.241 e. The predicted molar refractivity (Wildman–Crippen MR) is 85.5 cm³/mol. The molecule has 1 atom stereocenters. The highest BCUT2D eigenvalue weighted by molar-refractivity contribution is 9.10. The number of rotatable bonds is 5. The Bertz CT molecular complexity index is 554. The van der Waals surface area contributed by atoms with Gasteiger partial charge in [0.2, 0.25) is 5.91 Å². The second-order valence-corrected chi connectivity index (χ2v) is 5.54. The molecule has 0 aliphatic carbocycles. The van der Waals surface area contributed by atoms with Gasteiger partial charge in [-0.2, -0.15) is 0 Å². The molecule has 0 aliphatic rings. The van der Waals surface area contributed by atoms with E-state index in [1.54, 1.807) is 0 Å². The third-order valence-electron chi connectivity index (χ3n) is 3.04. The highest BCUT2D eigenvalue weighted by Gasteiger charge is 2.13. The van der Waals surface area contributed by atoms with Crippen LogP contribution in [0.15, 0.2) is 59.1 Å². The lowest BCUT2D eigenvalue weighted by Crippen LogP contribution is -2.36. The fraction of sp³-hybridized carbons (Fsp3) is 0.188. The number of halogens is 1. The van der Waals surface area contributed by atoms with Crippen LogP contribution in [0.3, 0.4) is 0 Å². The topological polar surface area (TPSA) is 55.1 Å². The van der Waals surface area contributed by atoms with E-state index in [-0.39, 0.29) is 5.91 Å². The fourth-order valence-electron chi connectivity index (χ4n) is 1.87. The van der Waals surface area contributed by atoms with E-state index in [4.69, 9.17) is 5.73 Å². The van der Waals surface area contributed by atoms with Crippen LogP contribution < -0.4 is 11.1 Å². The molecule has 0 fully saturated rings. The third-order valence-corrected chi connectivity index (χ3v) is 3.56. The molecule has 0 bridgehead atoms. The van der Waals surface area contributed by atoms with Crippen molar-refractivity contribution in [2.24, 2.45) is 5.73 Å². The number of amides is 1. The summed E-state index contributed by atoms with van der Waals surface area (Å²) in [6.07, 6.45) is 1.43. The second-order valence-electron chi connectivity index (χ2n) is 4.63. The van der Waals surface area contributed by atoms with Gasteiger partial charge in [-0.1, -0.05) is 46.3 Å². The largest absolute Gasteiger partial charge is 0.325 e. The van der Waals surface area contributed by atoms with Crippen LogP contribution in [-0.2, 0) is 11.2 Å². The van der Waals surface area contributed by atoms with Gasteiger partial charge in [-0.05, 0) is 42.7 Å². The zero-order valence-electron chi connectivity index (χ0n) is 11.1. The molecule has 0 heterocycles. The van der Waals surface area contributed by atoms with Crippen LogP contribution in [0.5, 0.6) is 0 Å². The number of carbonyl (C=O) groups excluding carboxylic acids is 1. The van der Waals surface area contributed by atoms with Crippen LogP contribution in [0, 0.1) is 0 Å². The molecular formula is C16H17BrN2O. The van der Waals surface area contributed by atoms with Gasteiger partial charge in [0.25, 0.3) is 0 Å². The van der Waals surface area contributed by atoms with E-state index in [0.717, 1.165) is 16.6 Å². The maximum atomic E-state index is 12.0. The lowest BCUT2D eigenvalue weighted by molar-refractivity contribution is -0.117. The molecule has 0 saturated carbocycles. The molecule has 0 saturated heterocycles. The highest BCUT2D eigenvalue weighted by atomic mass is 79.9. The Morgan fingerprint density at radius 2 is 1.75 bits per heavy atom. The van der Waals surface area contributed by atoms with Gasteiger partial charge in [-0.25, -0.2) is 0 Å². The first kappa shape index (κ1) is 14.8. The van der Waals surface area contributed by atoms with Gasteiger partial charge in [-0.3, -0.25) is 4.79 Å². The standard InChI is InChI=1S/C16H17BrN2O/c17-13-7-9-14(10-8-13)19-16(20)15(18)11-6-12-4-2-1-3-5-12/h1-5,7-10,15H,6,11,18H2,(H,19,20)/t15-/m0/s1. The molecule has 4 heteroatoms. The van der Waals surface area contributed by atoms with Crippen molar-refractivity contribution < 1.29 is 4.79 Å². The van der Waals surface area contributed by atoms with Gasteiger partial charge in [0.1, 0.15) is 0 Å². The van der Waals surface area contributed by atoms with Gasteiger partial charge >= 0.3 is 0 Å². The summed E-state index contributed by atoms with van der Waals surface area (Å²) >= 11 is 3.35. The van der Waals surface area contributed by atoms with E-state index < -0.39 is 6.04 Å². The number of anilines is 1. The lowest BCUT2D eigenvalue weighted by atomic mass is 10.1. The molecule has 1 amide bonds. The van der Waals surface area contributed by atoms with E-state index in [0.29, 0.717) is 6.42 Å². The summed E-state index contributed by atoms with van der Waals surface area (Å²) in [7, 11) is 0. The molecule has 2 aromatic rings. The Labute approximate surface area is 127 Å². The molecule has 0 spiro atoms. The molecule has 2 rings (SSSR count). The first-order chi connectivity index (χ1) is 9.65. The van der Waals surface area contributed by atoms with Gasteiger partial charge < -0.3 is 11.1 Å². The number of nitrogens with two attached hydrogens (primary N) is 1. The molecular weight excluding hydrogens is 316 g/mol. The average Bonchev–Trinajstić information content (AvgIpc) is 2.48. The van der Waals surface area contributed by atoms with Crippen LogP contribution in [0.1, 0.15) is 12.0 Å². The number of benzene rings is 2. The van der Waals surface area contributed by atoms with Crippen LogP contribution in [-0.4, -0.2) is 11.9 Å². The van der Waals surface area contributed by atoms with Crippen molar-refractivity contribution in [2.75, 3.05) is 5.32 Å². The molecule has 2 aromatic carbocycles. The zero-order chi connectivity index (χ0) is 14.4. The summed E-state index contributed by atoms with van der Waals surface area (Å²) in [5.41, 5.74) is 7.87. The van der Waals surface area contributed by atoms with Crippen molar-refractivity contribution in [1.29, 1.82) is 0 Å². The van der Waals surface area contributed by atoms with E-state index in [2.05, 4.69) is 21.2 Å². The van der Waals surface area contributed by atoms with E-state index in [1.807, 2.05) is 54.6 Å². The quantitative estimate of drug-likeness (QED) is 0.882.